The summed E-state index contributed by atoms with van der Waals surface area (Å²) < 4.78 is 0. The predicted molar refractivity (Wildman–Crippen MR) is 76.3 cm³/mol. The van der Waals surface area contributed by atoms with Gasteiger partial charge in [-0.3, -0.25) is 4.79 Å². The highest BCUT2D eigenvalue weighted by molar-refractivity contribution is 6.00. The Labute approximate surface area is 114 Å². The van der Waals surface area contributed by atoms with Gasteiger partial charge in [-0.1, -0.05) is 12.1 Å². The van der Waals surface area contributed by atoms with Gasteiger partial charge in [0.25, 0.3) is 5.91 Å². The molecule has 0 bridgehead atoms. The molecule has 0 aliphatic carbocycles. The summed E-state index contributed by atoms with van der Waals surface area (Å²) in [6, 6.07) is 7.83. The Morgan fingerprint density at radius 1 is 1.47 bits per heavy atom. The van der Waals surface area contributed by atoms with Crippen LogP contribution in [0.5, 0.6) is 0 Å². The molecule has 19 heavy (non-hydrogen) atoms. The van der Waals surface area contributed by atoms with Crippen LogP contribution in [0.15, 0.2) is 24.3 Å². The Morgan fingerprint density at radius 3 is 2.89 bits per heavy atom. The molecule has 0 radical (unpaired) electrons. The number of aliphatic hydroxyl groups excluding tert-OH is 1. The maximum absolute atomic E-state index is 12.6. The summed E-state index contributed by atoms with van der Waals surface area (Å²) in [5.74, 6) is 0.0142. The molecular weight excluding hydrogens is 240 g/mol. The standard InChI is InChI=1S/C15H22N2O2/c1-11(2)16-14-8-4-3-7-13(14)15(19)17-9-5-6-12(17)10-18/h3-4,7-8,11-12,16,18H,5-6,9-10H2,1-2H3/t12-/m1/s1. The molecule has 1 fully saturated rings. The number of carbonyl (C=O) groups excluding carboxylic acids is 1. The van der Waals surface area contributed by atoms with Gasteiger partial charge in [0.05, 0.1) is 18.2 Å². The number of rotatable bonds is 4. The molecule has 1 amide bonds. The van der Waals surface area contributed by atoms with Gasteiger partial charge < -0.3 is 15.3 Å². The molecule has 0 aromatic heterocycles. The number of nitrogens with one attached hydrogen (secondary N) is 1. The summed E-state index contributed by atoms with van der Waals surface area (Å²) in [6.45, 7) is 4.88. The van der Waals surface area contributed by atoms with Crippen LogP contribution in [0.2, 0.25) is 0 Å². The number of hydrogen-bond donors (Lipinski definition) is 2. The van der Waals surface area contributed by atoms with Crippen LogP contribution in [-0.4, -0.2) is 41.1 Å². The van der Waals surface area contributed by atoms with E-state index in [1.807, 2.05) is 38.1 Å². The van der Waals surface area contributed by atoms with Gasteiger partial charge in [0, 0.05) is 18.3 Å². The van der Waals surface area contributed by atoms with Crippen LogP contribution in [0, 0.1) is 0 Å². The van der Waals surface area contributed by atoms with Crippen LogP contribution in [0.1, 0.15) is 37.0 Å². The van der Waals surface area contributed by atoms with E-state index < -0.39 is 0 Å². The fourth-order valence-electron chi connectivity index (χ4n) is 2.55. The van der Waals surface area contributed by atoms with E-state index >= 15 is 0 Å². The molecule has 4 heteroatoms. The van der Waals surface area contributed by atoms with Crippen LogP contribution in [0.3, 0.4) is 0 Å². The lowest BCUT2D eigenvalue weighted by molar-refractivity contribution is 0.0678. The Morgan fingerprint density at radius 2 is 2.21 bits per heavy atom. The van der Waals surface area contributed by atoms with E-state index in [0.29, 0.717) is 5.56 Å². The first-order chi connectivity index (χ1) is 9.13. The lowest BCUT2D eigenvalue weighted by atomic mass is 10.1. The van der Waals surface area contributed by atoms with Gasteiger partial charge in [-0.15, -0.1) is 0 Å². The van der Waals surface area contributed by atoms with Crippen LogP contribution in [-0.2, 0) is 0 Å². The molecule has 4 nitrogen and oxygen atoms in total. The van der Waals surface area contributed by atoms with Crippen LogP contribution < -0.4 is 5.32 Å². The van der Waals surface area contributed by atoms with E-state index in [9.17, 15) is 9.90 Å². The van der Waals surface area contributed by atoms with Crippen molar-refractivity contribution in [1.82, 2.24) is 4.90 Å². The Bertz CT molecular complexity index is 446. The maximum atomic E-state index is 12.6. The Kier molecular flexibility index (Phi) is 4.43. The predicted octanol–water partition coefficient (Wildman–Crippen LogP) is 2.10. The van der Waals surface area contributed by atoms with Crippen molar-refractivity contribution in [1.29, 1.82) is 0 Å². The molecule has 1 heterocycles. The molecule has 1 aliphatic rings. The van der Waals surface area contributed by atoms with Gasteiger partial charge in [0.1, 0.15) is 0 Å². The van der Waals surface area contributed by atoms with Crippen molar-refractivity contribution >= 4 is 11.6 Å². The number of amides is 1. The van der Waals surface area contributed by atoms with Crippen molar-refractivity contribution in [2.75, 3.05) is 18.5 Å². The van der Waals surface area contributed by atoms with Crippen molar-refractivity contribution in [3.63, 3.8) is 0 Å². The average Bonchev–Trinajstić information content (AvgIpc) is 2.86. The second-order valence-corrected chi connectivity index (χ2v) is 5.32. The first-order valence-electron chi connectivity index (χ1n) is 6.91. The lowest BCUT2D eigenvalue weighted by Crippen LogP contribution is -2.38. The molecule has 1 saturated heterocycles. The first-order valence-corrected chi connectivity index (χ1v) is 6.91. The fraction of sp³-hybridized carbons (Fsp3) is 0.533. The minimum Gasteiger partial charge on any atom is -0.394 e. The second kappa shape index (κ2) is 6.06. The molecule has 0 spiro atoms. The zero-order valence-electron chi connectivity index (χ0n) is 11.6. The minimum atomic E-state index is -0.0281. The van der Waals surface area contributed by atoms with Crippen molar-refractivity contribution in [2.24, 2.45) is 0 Å². The van der Waals surface area contributed by atoms with E-state index in [1.54, 1.807) is 4.90 Å². The number of para-hydroxylation sites is 1. The van der Waals surface area contributed by atoms with Gasteiger partial charge in [-0.05, 0) is 38.8 Å². The number of benzene rings is 1. The van der Waals surface area contributed by atoms with Crippen molar-refractivity contribution in [2.45, 2.75) is 38.8 Å². The summed E-state index contributed by atoms with van der Waals surface area (Å²) in [6.07, 6.45) is 1.86. The Hall–Kier alpha value is -1.55. The zero-order valence-corrected chi connectivity index (χ0v) is 11.6. The number of aliphatic hydroxyl groups is 1. The third kappa shape index (κ3) is 3.07. The van der Waals surface area contributed by atoms with E-state index in [0.717, 1.165) is 25.1 Å². The van der Waals surface area contributed by atoms with E-state index in [4.69, 9.17) is 0 Å². The van der Waals surface area contributed by atoms with Crippen LogP contribution in [0.4, 0.5) is 5.69 Å². The van der Waals surface area contributed by atoms with Gasteiger partial charge >= 0.3 is 0 Å². The molecule has 0 unspecified atom stereocenters. The van der Waals surface area contributed by atoms with E-state index in [1.165, 1.54) is 0 Å². The first kappa shape index (κ1) is 13.9. The minimum absolute atomic E-state index is 0.0142. The highest BCUT2D eigenvalue weighted by Crippen LogP contribution is 2.24. The molecule has 1 aromatic carbocycles. The van der Waals surface area contributed by atoms with Crippen LogP contribution >= 0.6 is 0 Å². The average molecular weight is 262 g/mol. The van der Waals surface area contributed by atoms with Crippen LogP contribution in [0.25, 0.3) is 0 Å². The molecule has 2 rings (SSSR count). The van der Waals surface area contributed by atoms with E-state index in [2.05, 4.69) is 5.32 Å². The molecule has 0 saturated carbocycles. The highest BCUT2D eigenvalue weighted by Gasteiger charge is 2.29. The molecular formula is C15H22N2O2. The van der Waals surface area contributed by atoms with Gasteiger partial charge in [-0.25, -0.2) is 0 Å². The van der Waals surface area contributed by atoms with Crippen molar-refractivity contribution in [3.8, 4) is 0 Å². The monoisotopic (exact) mass is 262 g/mol. The maximum Gasteiger partial charge on any atom is 0.256 e. The number of anilines is 1. The summed E-state index contributed by atoms with van der Waals surface area (Å²) >= 11 is 0. The fourth-order valence-corrected chi connectivity index (χ4v) is 2.55. The smallest absolute Gasteiger partial charge is 0.256 e. The molecule has 104 valence electrons. The summed E-state index contributed by atoms with van der Waals surface area (Å²) in [5.41, 5.74) is 1.56. The van der Waals surface area contributed by atoms with Gasteiger partial charge in [0.2, 0.25) is 0 Å². The molecule has 1 atom stereocenters. The molecule has 1 aliphatic heterocycles. The molecule has 1 aromatic rings. The molecule has 2 N–H and O–H groups in total. The largest absolute Gasteiger partial charge is 0.394 e. The quantitative estimate of drug-likeness (QED) is 0.873. The lowest BCUT2D eigenvalue weighted by Gasteiger charge is -2.24. The summed E-state index contributed by atoms with van der Waals surface area (Å²) in [5, 5.41) is 12.6. The topological polar surface area (TPSA) is 52.6 Å². The summed E-state index contributed by atoms with van der Waals surface area (Å²) in [7, 11) is 0. The number of likely N-dealkylation sites (tertiary alicyclic amines) is 1. The normalized spacial score (nSPS) is 18.9. The third-order valence-corrected chi connectivity index (χ3v) is 3.45. The number of nitrogens with zero attached hydrogens (tertiary/aromatic N) is 1. The Balaban J connectivity index is 2.23. The highest BCUT2D eigenvalue weighted by atomic mass is 16.3. The van der Waals surface area contributed by atoms with Crippen molar-refractivity contribution in [3.05, 3.63) is 29.8 Å². The van der Waals surface area contributed by atoms with Crippen molar-refractivity contribution < 1.29 is 9.90 Å². The SMILES string of the molecule is CC(C)Nc1ccccc1C(=O)N1CCC[C@@H]1CO. The number of hydrogen-bond acceptors (Lipinski definition) is 3. The number of carbonyl (C=O) groups is 1. The van der Waals surface area contributed by atoms with Gasteiger partial charge in [-0.2, -0.15) is 0 Å². The third-order valence-electron chi connectivity index (χ3n) is 3.45. The second-order valence-electron chi connectivity index (χ2n) is 5.32. The van der Waals surface area contributed by atoms with E-state index in [-0.39, 0.29) is 24.6 Å². The summed E-state index contributed by atoms with van der Waals surface area (Å²) in [4.78, 5) is 14.4. The zero-order chi connectivity index (χ0) is 13.8. The van der Waals surface area contributed by atoms with Gasteiger partial charge in [0.15, 0.2) is 0 Å².